The molecule has 40 heavy (non-hydrogen) atoms. The Morgan fingerprint density at radius 1 is 0.525 bits per heavy atom. The standard InChI is InChI=1S/C36H28N4/c1-36(2)28-14-6-8-17-33(28)40(34-18-9-7-15-29(34)36)27-21-19-26(20-22-27)35-38-31(25-12-4-3-5-13-25)24-32(39-35)30-16-10-11-23-37-30/h3-24H,1-2H3. The van der Waals surface area contributed by atoms with Gasteiger partial charge < -0.3 is 4.90 Å². The number of nitrogens with zero attached hydrogens (tertiary/aromatic N) is 4. The van der Waals surface area contributed by atoms with Gasteiger partial charge in [0.2, 0.25) is 0 Å². The van der Waals surface area contributed by atoms with Crippen LogP contribution in [0, 0.1) is 0 Å². The quantitative estimate of drug-likeness (QED) is 0.234. The van der Waals surface area contributed by atoms with Crippen molar-refractivity contribution >= 4 is 17.1 Å². The van der Waals surface area contributed by atoms with Gasteiger partial charge in [0.25, 0.3) is 0 Å². The minimum atomic E-state index is -0.0861. The van der Waals surface area contributed by atoms with Crippen LogP contribution in [0.25, 0.3) is 34.0 Å². The lowest BCUT2D eigenvalue weighted by Crippen LogP contribution is -2.30. The first-order valence-electron chi connectivity index (χ1n) is 13.5. The van der Waals surface area contributed by atoms with E-state index in [0.717, 1.165) is 33.9 Å². The van der Waals surface area contributed by atoms with E-state index in [9.17, 15) is 0 Å². The zero-order valence-corrected chi connectivity index (χ0v) is 22.5. The summed E-state index contributed by atoms with van der Waals surface area (Å²) < 4.78 is 0. The summed E-state index contributed by atoms with van der Waals surface area (Å²) in [7, 11) is 0. The third kappa shape index (κ3) is 4.05. The fourth-order valence-corrected chi connectivity index (χ4v) is 5.69. The van der Waals surface area contributed by atoms with Crippen LogP contribution in [0.3, 0.4) is 0 Å². The Kier molecular flexibility index (Phi) is 5.75. The molecule has 4 heteroatoms. The molecule has 4 nitrogen and oxygen atoms in total. The van der Waals surface area contributed by atoms with Crippen molar-refractivity contribution in [1.82, 2.24) is 15.0 Å². The first-order valence-corrected chi connectivity index (χ1v) is 13.5. The van der Waals surface area contributed by atoms with Crippen molar-refractivity contribution in [3.8, 4) is 34.0 Å². The molecule has 0 atom stereocenters. The van der Waals surface area contributed by atoms with E-state index in [0.29, 0.717) is 5.82 Å². The third-order valence-corrected chi connectivity index (χ3v) is 7.74. The Bertz CT molecular complexity index is 1700. The van der Waals surface area contributed by atoms with Crippen molar-refractivity contribution in [2.75, 3.05) is 4.90 Å². The molecule has 1 aliphatic heterocycles. The predicted octanol–water partition coefficient (Wildman–Crippen LogP) is 8.98. The summed E-state index contributed by atoms with van der Waals surface area (Å²) in [5, 5.41) is 0. The van der Waals surface area contributed by atoms with E-state index in [1.807, 2.05) is 42.5 Å². The number of para-hydroxylation sites is 2. The van der Waals surface area contributed by atoms with E-state index in [1.165, 1.54) is 22.5 Å². The molecule has 0 saturated heterocycles. The van der Waals surface area contributed by atoms with Crippen LogP contribution in [-0.4, -0.2) is 15.0 Å². The van der Waals surface area contributed by atoms with Gasteiger partial charge in [0.05, 0.1) is 28.5 Å². The summed E-state index contributed by atoms with van der Waals surface area (Å²) in [6.45, 7) is 4.61. The van der Waals surface area contributed by atoms with Gasteiger partial charge in [-0.15, -0.1) is 0 Å². The van der Waals surface area contributed by atoms with Gasteiger partial charge in [-0.25, -0.2) is 9.97 Å². The van der Waals surface area contributed by atoms with Gasteiger partial charge >= 0.3 is 0 Å². The molecule has 0 fully saturated rings. The lowest BCUT2D eigenvalue weighted by molar-refractivity contribution is 0.632. The van der Waals surface area contributed by atoms with Gasteiger partial charge in [-0.2, -0.15) is 0 Å². The Morgan fingerprint density at radius 2 is 1.12 bits per heavy atom. The molecule has 3 heterocycles. The van der Waals surface area contributed by atoms with Crippen LogP contribution in [0.2, 0.25) is 0 Å². The lowest BCUT2D eigenvalue weighted by Gasteiger charge is -2.42. The predicted molar refractivity (Wildman–Crippen MR) is 163 cm³/mol. The van der Waals surface area contributed by atoms with E-state index >= 15 is 0 Å². The van der Waals surface area contributed by atoms with Crippen molar-refractivity contribution in [2.24, 2.45) is 0 Å². The molecule has 0 radical (unpaired) electrons. The summed E-state index contributed by atoms with van der Waals surface area (Å²) in [5.74, 6) is 0.675. The van der Waals surface area contributed by atoms with Crippen molar-refractivity contribution in [3.63, 3.8) is 0 Å². The number of anilines is 3. The molecule has 192 valence electrons. The number of aromatic nitrogens is 3. The van der Waals surface area contributed by atoms with Crippen LogP contribution >= 0.6 is 0 Å². The Labute approximate surface area is 234 Å². The number of hydrogen-bond donors (Lipinski definition) is 0. The molecule has 0 saturated carbocycles. The summed E-state index contributed by atoms with van der Waals surface area (Å²) in [4.78, 5) is 16.8. The highest BCUT2D eigenvalue weighted by molar-refractivity contribution is 5.86. The number of rotatable bonds is 4. The molecule has 7 rings (SSSR count). The van der Waals surface area contributed by atoms with E-state index in [4.69, 9.17) is 9.97 Å². The largest absolute Gasteiger partial charge is 0.310 e. The van der Waals surface area contributed by atoms with E-state index < -0.39 is 0 Å². The molecule has 0 N–H and O–H groups in total. The smallest absolute Gasteiger partial charge is 0.160 e. The third-order valence-electron chi connectivity index (χ3n) is 7.74. The minimum absolute atomic E-state index is 0.0861. The molecule has 1 aliphatic rings. The average molecular weight is 517 g/mol. The Balaban J connectivity index is 1.34. The van der Waals surface area contributed by atoms with Gasteiger partial charge in [-0.1, -0.05) is 86.6 Å². The fraction of sp³-hybridized carbons (Fsp3) is 0.0833. The van der Waals surface area contributed by atoms with Crippen molar-refractivity contribution in [3.05, 3.63) is 145 Å². The van der Waals surface area contributed by atoms with Crippen LogP contribution in [0.5, 0.6) is 0 Å². The van der Waals surface area contributed by atoms with Crippen LogP contribution in [0.15, 0.2) is 134 Å². The second kappa shape index (κ2) is 9.58. The maximum atomic E-state index is 4.98. The van der Waals surface area contributed by atoms with Gasteiger partial charge in [0.1, 0.15) is 0 Å². The van der Waals surface area contributed by atoms with Gasteiger partial charge in [-0.3, -0.25) is 4.98 Å². The fourth-order valence-electron chi connectivity index (χ4n) is 5.69. The summed E-state index contributed by atoms with van der Waals surface area (Å²) in [6, 6.07) is 44.1. The summed E-state index contributed by atoms with van der Waals surface area (Å²) in [6.07, 6.45) is 1.80. The topological polar surface area (TPSA) is 41.9 Å². The van der Waals surface area contributed by atoms with Crippen LogP contribution in [-0.2, 0) is 5.41 Å². The highest BCUT2D eigenvalue weighted by atomic mass is 15.2. The molecule has 0 spiro atoms. The second-order valence-corrected chi connectivity index (χ2v) is 10.6. The maximum absolute atomic E-state index is 4.98. The van der Waals surface area contributed by atoms with Crippen LogP contribution in [0.1, 0.15) is 25.0 Å². The zero-order chi connectivity index (χ0) is 27.1. The first-order chi connectivity index (χ1) is 19.6. The summed E-state index contributed by atoms with van der Waals surface area (Å²) >= 11 is 0. The van der Waals surface area contributed by atoms with Crippen molar-refractivity contribution in [1.29, 1.82) is 0 Å². The molecule has 0 unspecified atom stereocenters. The first kappa shape index (κ1) is 24.0. The van der Waals surface area contributed by atoms with Gasteiger partial charge in [0.15, 0.2) is 5.82 Å². The average Bonchev–Trinajstić information content (AvgIpc) is 3.02. The number of benzene rings is 4. The molecular formula is C36H28N4. The number of fused-ring (bicyclic) bond motifs is 2. The molecular weight excluding hydrogens is 488 g/mol. The van der Waals surface area contributed by atoms with Crippen LogP contribution < -0.4 is 4.90 Å². The monoisotopic (exact) mass is 516 g/mol. The normalized spacial score (nSPS) is 13.4. The highest BCUT2D eigenvalue weighted by Gasteiger charge is 2.36. The van der Waals surface area contributed by atoms with Gasteiger partial charge in [-0.05, 0) is 65.7 Å². The summed E-state index contributed by atoms with van der Waals surface area (Å²) in [5.41, 5.74) is 10.6. The van der Waals surface area contributed by atoms with E-state index in [1.54, 1.807) is 6.20 Å². The highest BCUT2D eigenvalue weighted by Crippen LogP contribution is 2.51. The number of pyridine rings is 1. The van der Waals surface area contributed by atoms with Gasteiger partial charge in [0, 0.05) is 28.4 Å². The van der Waals surface area contributed by atoms with E-state index in [-0.39, 0.29) is 5.41 Å². The number of hydrogen-bond acceptors (Lipinski definition) is 4. The molecule has 4 aromatic carbocycles. The molecule has 6 aromatic rings. The zero-order valence-electron chi connectivity index (χ0n) is 22.5. The van der Waals surface area contributed by atoms with Crippen LogP contribution in [0.4, 0.5) is 17.1 Å². The molecule has 0 bridgehead atoms. The van der Waals surface area contributed by atoms with Crippen molar-refractivity contribution in [2.45, 2.75) is 19.3 Å². The molecule has 0 amide bonds. The van der Waals surface area contributed by atoms with E-state index in [2.05, 4.69) is 109 Å². The minimum Gasteiger partial charge on any atom is -0.310 e. The maximum Gasteiger partial charge on any atom is 0.160 e. The SMILES string of the molecule is CC1(C)c2ccccc2N(c2ccc(-c3nc(-c4ccccc4)cc(-c4ccccn4)n3)cc2)c2ccccc21. The Morgan fingerprint density at radius 3 is 1.77 bits per heavy atom. The molecule has 0 aliphatic carbocycles. The lowest BCUT2D eigenvalue weighted by atomic mass is 9.73. The Hall–Kier alpha value is -5.09. The van der Waals surface area contributed by atoms with Crippen molar-refractivity contribution < 1.29 is 0 Å². The molecule has 2 aromatic heterocycles. The second-order valence-electron chi connectivity index (χ2n) is 10.6.